The number of nitrogens with zero attached hydrogens (tertiary/aromatic N) is 2. The molecule has 1 saturated heterocycles. The average molecular weight is 337 g/mol. The Labute approximate surface area is 144 Å². The molecule has 3 aliphatic rings. The number of carbonyl (C=O) groups is 2. The van der Waals surface area contributed by atoms with Crippen LogP contribution >= 0.6 is 0 Å². The summed E-state index contributed by atoms with van der Waals surface area (Å²) in [6.07, 6.45) is 4.31. The first-order chi connectivity index (χ1) is 11.0. The van der Waals surface area contributed by atoms with Gasteiger partial charge in [-0.2, -0.15) is 0 Å². The molecule has 2 aliphatic carbocycles. The Bertz CT molecular complexity index is 532. The van der Waals surface area contributed by atoms with Crippen LogP contribution in [0.3, 0.4) is 0 Å². The first-order valence-corrected chi connectivity index (χ1v) is 9.12. The van der Waals surface area contributed by atoms with Crippen LogP contribution in [0, 0.1) is 5.41 Å². The van der Waals surface area contributed by atoms with E-state index < -0.39 is 5.60 Å². The molecule has 0 aromatic heterocycles. The second-order valence-electron chi connectivity index (χ2n) is 9.09. The van der Waals surface area contributed by atoms with Crippen LogP contribution in [0.2, 0.25) is 0 Å². The smallest absolute Gasteiger partial charge is 0.410 e. The largest absolute Gasteiger partial charge is 0.444 e. The molecule has 1 heterocycles. The molecular weight excluding hydrogens is 306 g/mol. The fraction of sp³-hybridized carbons (Fsp3) is 0.889. The quantitative estimate of drug-likeness (QED) is 0.795. The SMILES string of the molecule is C[C@@H]1CN(C(=O)C23CCC(N)(CC2)C3)CCN1C(=O)OC(C)(C)C. The lowest BCUT2D eigenvalue weighted by Gasteiger charge is -2.42. The van der Waals surface area contributed by atoms with Crippen molar-refractivity contribution in [3.63, 3.8) is 0 Å². The van der Waals surface area contributed by atoms with Crippen molar-refractivity contribution in [2.45, 2.75) is 77.0 Å². The van der Waals surface area contributed by atoms with Crippen LogP contribution in [0.25, 0.3) is 0 Å². The third-order valence-electron chi connectivity index (χ3n) is 5.89. The molecule has 2 N–H and O–H groups in total. The first-order valence-electron chi connectivity index (χ1n) is 9.12. The highest BCUT2D eigenvalue weighted by Crippen LogP contribution is 2.56. The van der Waals surface area contributed by atoms with Gasteiger partial charge in [0.15, 0.2) is 0 Å². The Morgan fingerprint density at radius 2 is 1.75 bits per heavy atom. The summed E-state index contributed by atoms with van der Waals surface area (Å²) in [5.74, 6) is 0.253. The van der Waals surface area contributed by atoms with Gasteiger partial charge in [0.2, 0.25) is 5.91 Å². The predicted octanol–water partition coefficient (Wildman–Crippen LogP) is 2.12. The van der Waals surface area contributed by atoms with Crippen LogP contribution in [-0.4, -0.2) is 58.6 Å². The van der Waals surface area contributed by atoms with Gasteiger partial charge in [0.25, 0.3) is 0 Å². The number of rotatable bonds is 1. The van der Waals surface area contributed by atoms with Crippen molar-refractivity contribution in [3.05, 3.63) is 0 Å². The minimum Gasteiger partial charge on any atom is -0.444 e. The van der Waals surface area contributed by atoms with Gasteiger partial charge in [-0.05, 0) is 59.8 Å². The van der Waals surface area contributed by atoms with E-state index in [1.807, 2.05) is 32.6 Å². The Morgan fingerprint density at radius 3 is 2.21 bits per heavy atom. The molecule has 3 rings (SSSR count). The van der Waals surface area contributed by atoms with Crippen LogP contribution in [0.4, 0.5) is 4.79 Å². The van der Waals surface area contributed by atoms with Crippen molar-refractivity contribution in [3.8, 4) is 0 Å². The maximum Gasteiger partial charge on any atom is 0.410 e. The van der Waals surface area contributed by atoms with E-state index in [2.05, 4.69) is 0 Å². The highest BCUT2D eigenvalue weighted by atomic mass is 16.6. The summed E-state index contributed by atoms with van der Waals surface area (Å²) in [6.45, 7) is 9.29. The lowest BCUT2D eigenvalue weighted by molar-refractivity contribution is -0.144. The molecule has 6 nitrogen and oxygen atoms in total. The van der Waals surface area contributed by atoms with Crippen molar-refractivity contribution in [2.24, 2.45) is 11.1 Å². The zero-order valence-electron chi connectivity index (χ0n) is 15.4. The van der Waals surface area contributed by atoms with Gasteiger partial charge < -0.3 is 20.3 Å². The fourth-order valence-electron chi connectivity index (χ4n) is 4.61. The minimum absolute atomic E-state index is 0.0283. The lowest BCUT2D eigenvalue weighted by Crippen LogP contribution is -2.58. The zero-order valence-corrected chi connectivity index (χ0v) is 15.4. The van der Waals surface area contributed by atoms with E-state index in [9.17, 15) is 9.59 Å². The lowest BCUT2D eigenvalue weighted by atomic mass is 9.82. The van der Waals surface area contributed by atoms with Crippen LogP contribution in [-0.2, 0) is 9.53 Å². The fourth-order valence-corrected chi connectivity index (χ4v) is 4.61. The Balaban J connectivity index is 1.62. The van der Waals surface area contributed by atoms with Crippen LogP contribution in [0.5, 0.6) is 0 Å². The van der Waals surface area contributed by atoms with Crippen LogP contribution < -0.4 is 5.73 Å². The summed E-state index contributed by atoms with van der Waals surface area (Å²) in [7, 11) is 0. The molecule has 24 heavy (non-hydrogen) atoms. The van der Waals surface area contributed by atoms with Gasteiger partial charge in [-0.1, -0.05) is 0 Å². The number of fused-ring (bicyclic) bond motifs is 2. The monoisotopic (exact) mass is 337 g/mol. The highest BCUT2D eigenvalue weighted by molar-refractivity contribution is 5.84. The van der Waals surface area contributed by atoms with E-state index in [0.29, 0.717) is 19.6 Å². The Hall–Kier alpha value is -1.30. The van der Waals surface area contributed by atoms with Crippen molar-refractivity contribution < 1.29 is 14.3 Å². The summed E-state index contributed by atoms with van der Waals surface area (Å²) in [5, 5.41) is 0. The zero-order chi connectivity index (χ0) is 17.8. The van der Waals surface area contributed by atoms with Crippen molar-refractivity contribution in [1.82, 2.24) is 9.80 Å². The van der Waals surface area contributed by atoms with E-state index in [4.69, 9.17) is 10.5 Å². The van der Waals surface area contributed by atoms with Gasteiger partial charge in [0.1, 0.15) is 5.60 Å². The first kappa shape index (κ1) is 17.5. The molecule has 6 heteroatoms. The molecule has 0 spiro atoms. The maximum absolute atomic E-state index is 13.1. The average Bonchev–Trinajstić information content (AvgIpc) is 2.99. The molecule has 0 unspecified atom stereocenters. The topological polar surface area (TPSA) is 75.9 Å². The Kier molecular flexibility index (Phi) is 4.10. The minimum atomic E-state index is -0.499. The molecule has 3 fully saturated rings. The maximum atomic E-state index is 13.1. The molecule has 136 valence electrons. The number of piperazine rings is 1. The second-order valence-corrected chi connectivity index (χ2v) is 9.09. The number of nitrogens with two attached hydrogens (primary N) is 1. The predicted molar refractivity (Wildman–Crippen MR) is 91.4 cm³/mol. The summed E-state index contributed by atoms with van der Waals surface area (Å²) in [6, 6.07) is -0.0283. The number of carbonyl (C=O) groups excluding carboxylic acids is 2. The summed E-state index contributed by atoms with van der Waals surface area (Å²) in [5.41, 5.74) is 5.52. The van der Waals surface area contributed by atoms with Gasteiger partial charge in [-0.25, -0.2) is 4.79 Å². The van der Waals surface area contributed by atoms with E-state index in [-0.39, 0.29) is 29.0 Å². The molecule has 1 atom stereocenters. The number of hydrogen-bond acceptors (Lipinski definition) is 4. The van der Waals surface area contributed by atoms with E-state index in [1.54, 1.807) is 4.90 Å². The molecule has 0 radical (unpaired) electrons. The summed E-state index contributed by atoms with van der Waals surface area (Å²) >= 11 is 0. The second kappa shape index (κ2) is 5.61. The summed E-state index contributed by atoms with van der Waals surface area (Å²) < 4.78 is 5.47. The third kappa shape index (κ3) is 3.13. The van der Waals surface area contributed by atoms with Gasteiger partial charge in [0, 0.05) is 31.2 Å². The standard InChI is InChI=1S/C18H31N3O3/c1-13-11-20(9-10-21(13)15(23)24-16(2,3)4)14(22)17-5-7-18(19,12-17)8-6-17/h13H,5-12,19H2,1-4H3/t13-,17?,18?/m1/s1. The highest BCUT2D eigenvalue weighted by Gasteiger charge is 2.57. The van der Waals surface area contributed by atoms with Gasteiger partial charge in [0.05, 0.1) is 5.41 Å². The molecular formula is C18H31N3O3. The molecule has 2 saturated carbocycles. The normalized spacial score (nSPS) is 36.1. The number of ether oxygens (including phenoxy) is 1. The third-order valence-corrected chi connectivity index (χ3v) is 5.89. The number of amides is 2. The number of hydrogen-bond donors (Lipinski definition) is 1. The van der Waals surface area contributed by atoms with Crippen LogP contribution in [0.15, 0.2) is 0 Å². The van der Waals surface area contributed by atoms with Crippen molar-refractivity contribution in [1.29, 1.82) is 0 Å². The molecule has 0 aromatic rings. The van der Waals surface area contributed by atoms with Crippen molar-refractivity contribution >= 4 is 12.0 Å². The van der Waals surface area contributed by atoms with Crippen LogP contribution in [0.1, 0.15) is 59.8 Å². The van der Waals surface area contributed by atoms with E-state index in [0.717, 1.165) is 32.1 Å². The van der Waals surface area contributed by atoms with Crippen molar-refractivity contribution in [2.75, 3.05) is 19.6 Å². The van der Waals surface area contributed by atoms with Gasteiger partial charge in [-0.3, -0.25) is 4.79 Å². The van der Waals surface area contributed by atoms with Gasteiger partial charge in [-0.15, -0.1) is 0 Å². The molecule has 2 bridgehead atoms. The molecule has 2 amide bonds. The summed E-state index contributed by atoms with van der Waals surface area (Å²) in [4.78, 5) is 29.1. The van der Waals surface area contributed by atoms with E-state index in [1.165, 1.54) is 0 Å². The Morgan fingerprint density at radius 1 is 1.12 bits per heavy atom. The molecule has 1 aliphatic heterocycles. The molecule has 0 aromatic carbocycles. The van der Waals surface area contributed by atoms with Gasteiger partial charge >= 0.3 is 6.09 Å². The van der Waals surface area contributed by atoms with E-state index >= 15 is 0 Å².